The molecule has 0 aromatic heterocycles. The second-order valence-electron chi connectivity index (χ2n) is 7.12. The second-order valence-corrected chi connectivity index (χ2v) is 7.12. The first kappa shape index (κ1) is 17.3. The minimum absolute atomic E-state index is 0.116. The molecule has 0 radical (unpaired) electrons. The van der Waals surface area contributed by atoms with Crippen molar-refractivity contribution in [3.63, 3.8) is 0 Å². The number of aliphatic carboxylic acids is 1. The van der Waals surface area contributed by atoms with Gasteiger partial charge < -0.3 is 20.9 Å². The molecule has 1 aromatic carbocycles. The minimum Gasteiger partial charge on any atom is -0.493 e. The Kier molecular flexibility index (Phi) is 4.94. The van der Waals surface area contributed by atoms with Gasteiger partial charge in [-0.1, -0.05) is 20.8 Å². The largest absolute Gasteiger partial charge is 0.493 e. The van der Waals surface area contributed by atoms with Gasteiger partial charge in [-0.3, -0.25) is 10.2 Å². The molecule has 6 heteroatoms. The number of carboxylic acids is 1. The summed E-state index contributed by atoms with van der Waals surface area (Å²) < 4.78 is 5.61. The lowest BCUT2D eigenvalue weighted by Crippen LogP contribution is -2.33. The molecule has 1 aliphatic rings. The van der Waals surface area contributed by atoms with Crippen LogP contribution < -0.4 is 15.8 Å². The summed E-state index contributed by atoms with van der Waals surface area (Å²) in [4.78, 5) is 11.3. The van der Waals surface area contributed by atoms with Gasteiger partial charge in [0, 0.05) is 17.6 Å². The summed E-state index contributed by atoms with van der Waals surface area (Å²) in [5.41, 5.74) is 6.09. The molecular formula is C17H25N3O3. The molecule has 0 aliphatic heterocycles. The van der Waals surface area contributed by atoms with Crippen LogP contribution in [-0.2, 0) is 4.79 Å². The van der Waals surface area contributed by atoms with Crippen LogP contribution in [0.5, 0.6) is 5.75 Å². The third kappa shape index (κ3) is 4.69. The van der Waals surface area contributed by atoms with Gasteiger partial charge in [0.05, 0.1) is 5.92 Å². The zero-order valence-electron chi connectivity index (χ0n) is 13.8. The second kappa shape index (κ2) is 6.58. The SMILES string of the molecule is CC(C)(C)[C@@H](COc1ccc(C(=N)N[C@H]2C[C@@H]2N)cc1)C(=O)O. The zero-order chi connectivity index (χ0) is 17.2. The molecule has 0 heterocycles. The summed E-state index contributed by atoms with van der Waals surface area (Å²) in [6.45, 7) is 5.76. The molecule has 23 heavy (non-hydrogen) atoms. The van der Waals surface area contributed by atoms with E-state index >= 15 is 0 Å². The van der Waals surface area contributed by atoms with Gasteiger partial charge >= 0.3 is 5.97 Å². The van der Waals surface area contributed by atoms with Gasteiger partial charge in [-0.25, -0.2) is 0 Å². The average Bonchev–Trinajstić information content (AvgIpc) is 3.13. The molecule has 5 N–H and O–H groups in total. The van der Waals surface area contributed by atoms with Gasteiger partial charge in [0.25, 0.3) is 0 Å². The first-order valence-electron chi connectivity index (χ1n) is 7.75. The molecule has 1 aliphatic carbocycles. The van der Waals surface area contributed by atoms with Gasteiger partial charge in [-0.15, -0.1) is 0 Å². The van der Waals surface area contributed by atoms with E-state index in [0.717, 1.165) is 12.0 Å². The third-order valence-corrected chi connectivity index (χ3v) is 4.07. The summed E-state index contributed by atoms with van der Waals surface area (Å²) in [7, 11) is 0. The molecule has 2 rings (SSSR count). The molecule has 0 bridgehead atoms. The smallest absolute Gasteiger partial charge is 0.310 e. The molecule has 3 atom stereocenters. The fourth-order valence-electron chi connectivity index (χ4n) is 2.24. The topological polar surface area (TPSA) is 108 Å². The van der Waals surface area contributed by atoms with Crippen LogP contribution in [-0.4, -0.2) is 35.6 Å². The summed E-state index contributed by atoms with van der Waals surface area (Å²) in [6.07, 6.45) is 0.896. The molecule has 0 unspecified atom stereocenters. The van der Waals surface area contributed by atoms with Crippen molar-refractivity contribution >= 4 is 11.8 Å². The Morgan fingerprint density at radius 1 is 1.43 bits per heavy atom. The molecule has 0 amide bonds. The molecule has 6 nitrogen and oxygen atoms in total. The fourth-order valence-corrected chi connectivity index (χ4v) is 2.24. The molecule has 126 valence electrons. The zero-order valence-corrected chi connectivity index (χ0v) is 13.8. The van der Waals surface area contributed by atoms with Gasteiger partial charge in [-0.2, -0.15) is 0 Å². The van der Waals surface area contributed by atoms with Crippen LogP contribution in [0.1, 0.15) is 32.8 Å². The highest BCUT2D eigenvalue weighted by atomic mass is 16.5. The molecule has 0 spiro atoms. The number of carboxylic acid groups (broad SMARTS) is 1. The predicted octanol–water partition coefficient (Wildman–Crippen LogP) is 1.83. The van der Waals surface area contributed by atoms with Crippen molar-refractivity contribution in [1.29, 1.82) is 5.41 Å². The fraction of sp³-hybridized carbons (Fsp3) is 0.529. The van der Waals surface area contributed by atoms with Crippen molar-refractivity contribution in [2.24, 2.45) is 17.1 Å². The van der Waals surface area contributed by atoms with Crippen LogP contribution in [0.4, 0.5) is 0 Å². The number of hydrogen-bond donors (Lipinski definition) is 4. The lowest BCUT2D eigenvalue weighted by molar-refractivity contribution is -0.146. The molecule has 0 saturated heterocycles. The number of carbonyl (C=O) groups is 1. The quantitative estimate of drug-likeness (QED) is 0.472. The number of hydrogen-bond acceptors (Lipinski definition) is 4. The standard InChI is InChI=1S/C17H25N3O3/c1-17(2,3)12(16(21)22)9-23-11-6-4-10(5-7-11)15(19)20-14-8-13(14)18/h4-7,12-14H,8-9,18H2,1-3H3,(H2,19,20)(H,21,22)/t12-,13-,14-/m0/s1. The van der Waals surface area contributed by atoms with Crippen LogP contribution >= 0.6 is 0 Å². The lowest BCUT2D eigenvalue weighted by Gasteiger charge is -2.26. The van der Waals surface area contributed by atoms with Crippen molar-refractivity contribution in [2.75, 3.05) is 6.61 Å². The maximum Gasteiger partial charge on any atom is 0.310 e. The molecule has 1 fully saturated rings. The van der Waals surface area contributed by atoms with Gasteiger partial charge in [0.2, 0.25) is 0 Å². The Morgan fingerprint density at radius 2 is 2.00 bits per heavy atom. The van der Waals surface area contributed by atoms with Crippen LogP contribution in [0.3, 0.4) is 0 Å². The summed E-state index contributed by atoms with van der Waals surface area (Å²) in [6, 6.07) is 7.40. The van der Waals surface area contributed by atoms with Crippen molar-refractivity contribution in [1.82, 2.24) is 5.32 Å². The third-order valence-electron chi connectivity index (χ3n) is 4.07. The maximum atomic E-state index is 11.3. The highest BCUT2D eigenvalue weighted by Crippen LogP contribution is 2.27. The van der Waals surface area contributed by atoms with Crippen LogP contribution in [0.25, 0.3) is 0 Å². The first-order chi connectivity index (χ1) is 10.7. The number of benzene rings is 1. The number of amidine groups is 1. The molecule has 1 aromatic rings. The van der Waals surface area contributed by atoms with E-state index in [0.29, 0.717) is 11.6 Å². The Morgan fingerprint density at radius 3 is 2.43 bits per heavy atom. The summed E-state index contributed by atoms with van der Waals surface area (Å²) in [5, 5.41) is 20.3. The van der Waals surface area contributed by atoms with E-state index in [9.17, 15) is 9.90 Å². The monoisotopic (exact) mass is 319 g/mol. The highest BCUT2D eigenvalue weighted by molar-refractivity contribution is 5.96. The molecular weight excluding hydrogens is 294 g/mol. The van der Waals surface area contributed by atoms with E-state index in [1.165, 1.54) is 0 Å². The number of rotatable bonds is 6. The Bertz CT molecular complexity index is 578. The Hall–Kier alpha value is -2.08. The van der Waals surface area contributed by atoms with Crippen molar-refractivity contribution in [3.05, 3.63) is 29.8 Å². The van der Waals surface area contributed by atoms with E-state index in [4.69, 9.17) is 15.9 Å². The summed E-state index contributed by atoms with van der Waals surface area (Å²) >= 11 is 0. The first-order valence-corrected chi connectivity index (χ1v) is 7.75. The van der Waals surface area contributed by atoms with Crippen molar-refractivity contribution < 1.29 is 14.6 Å². The normalized spacial score (nSPS) is 21.4. The minimum atomic E-state index is -0.860. The number of nitrogens with two attached hydrogens (primary N) is 1. The van der Waals surface area contributed by atoms with Gasteiger partial charge in [-0.05, 0) is 36.1 Å². The predicted molar refractivity (Wildman–Crippen MR) is 88.9 cm³/mol. The van der Waals surface area contributed by atoms with Gasteiger partial charge in [0.15, 0.2) is 0 Å². The van der Waals surface area contributed by atoms with Gasteiger partial charge in [0.1, 0.15) is 18.2 Å². The molecule has 1 saturated carbocycles. The number of nitrogens with one attached hydrogen (secondary N) is 2. The van der Waals surface area contributed by atoms with E-state index < -0.39 is 11.9 Å². The number of ether oxygens (including phenoxy) is 1. The maximum absolute atomic E-state index is 11.3. The Balaban J connectivity index is 1.91. The van der Waals surface area contributed by atoms with Crippen LogP contribution in [0, 0.1) is 16.7 Å². The lowest BCUT2D eigenvalue weighted by atomic mass is 9.81. The van der Waals surface area contributed by atoms with E-state index in [1.807, 2.05) is 20.8 Å². The van der Waals surface area contributed by atoms with Crippen molar-refractivity contribution in [3.8, 4) is 5.75 Å². The van der Waals surface area contributed by atoms with Crippen molar-refractivity contribution in [2.45, 2.75) is 39.3 Å². The van der Waals surface area contributed by atoms with E-state index in [2.05, 4.69) is 5.32 Å². The van der Waals surface area contributed by atoms with Crippen LogP contribution in [0.2, 0.25) is 0 Å². The highest BCUT2D eigenvalue weighted by Gasteiger charge is 2.34. The Labute approximate surface area is 136 Å². The van der Waals surface area contributed by atoms with E-state index in [1.54, 1.807) is 24.3 Å². The van der Waals surface area contributed by atoms with E-state index in [-0.39, 0.29) is 24.1 Å². The summed E-state index contributed by atoms with van der Waals surface area (Å²) in [5.74, 6) is -0.507. The van der Waals surface area contributed by atoms with Crippen LogP contribution in [0.15, 0.2) is 24.3 Å². The average molecular weight is 319 g/mol.